The van der Waals surface area contributed by atoms with E-state index >= 15 is 0 Å². The van der Waals surface area contributed by atoms with Crippen LogP contribution in [-0.2, 0) is 6.54 Å². The van der Waals surface area contributed by atoms with Crippen LogP contribution in [-0.4, -0.2) is 19.0 Å². The van der Waals surface area contributed by atoms with Gasteiger partial charge in [-0.2, -0.15) is 0 Å². The van der Waals surface area contributed by atoms with Gasteiger partial charge in [-0.15, -0.1) is 11.3 Å². The Balaban J connectivity index is 2.77. The van der Waals surface area contributed by atoms with Crippen molar-refractivity contribution in [3.05, 3.63) is 21.4 Å². The number of hydrogen-bond acceptors (Lipinski definition) is 2. The second kappa shape index (κ2) is 3.37. The Kier molecular flexibility index (Phi) is 2.68. The van der Waals surface area contributed by atoms with Crippen molar-refractivity contribution < 1.29 is 0 Å². The first-order valence-corrected chi connectivity index (χ1v) is 4.62. The second-order valence-corrected chi connectivity index (χ2v) is 4.64. The highest BCUT2D eigenvalue weighted by atomic mass is 32.1. The fourth-order valence-electron chi connectivity index (χ4n) is 1.18. The van der Waals surface area contributed by atoms with Crippen molar-refractivity contribution in [2.24, 2.45) is 0 Å². The minimum absolute atomic E-state index is 1.07. The molecule has 1 aromatic heterocycles. The number of hydrogen-bond donors (Lipinski definition) is 0. The summed E-state index contributed by atoms with van der Waals surface area (Å²) in [6.45, 7) is 5.42. The molecule has 0 N–H and O–H groups in total. The second-order valence-electron chi connectivity index (χ2n) is 3.18. The molecule has 1 heterocycles. The average Bonchev–Trinajstić information content (AvgIpc) is 2.09. The molecule has 0 aliphatic carbocycles. The van der Waals surface area contributed by atoms with Gasteiger partial charge in [0.25, 0.3) is 0 Å². The van der Waals surface area contributed by atoms with Crippen LogP contribution in [0.2, 0.25) is 0 Å². The molecule has 0 saturated heterocycles. The third-order valence-corrected chi connectivity index (χ3v) is 2.64. The topological polar surface area (TPSA) is 3.24 Å². The van der Waals surface area contributed by atoms with E-state index in [0.717, 1.165) is 6.54 Å². The molecule has 0 radical (unpaired) electrons. The molecule has 0 fully saturated rings. The quantitative estimate of drug-likeness (QED) is 0.657. The average molecular weight is 169 g/mol. The van der Waals surface area contributed by atoms with Crippen LogP contribution >= 0.6 is 11.3 Å². The largest absolute Gasteiger partial charge is 0.305 e. The van der Waals surface area contributed by atoms with E-state index < -0.39 is 0 Å². The van der Waals surface area contributed by atoms with Crippen LogP contribution in [0.1, 0.15) is 15.3 Å². The van der Waals surface area contributed by atoms with Crippen molar-refractivity contribution in [1.82, 2.24) is 4.90 Å². The molecule has 1 nitrogen and oxygen atoms in total. The monoisotopic (exact) mass is 169 g/mol. The molecule has 0 aliphatic rings. The van der Waals surface area contributed by atoms with E-state index in [1.165, 1.54) is 15.3 Å². The molecular formula is C9H15NS. The molecule has 0 bridgehead atoms. The maximum absolute atomic E-state index is 2.28. The van der Waals surface area contributed by atoms with Gasteiger partial charge < -0.3 is 4.90 Å². The Morgan fingerprint density at radius 2 is 2.00 bits per heavy atom. The van der Waals surface area contributed by atoms with Gasteiger partial charge in [-0.1, -0.05) is 0 Å². The molecule has 0 amide bonds. The van der Waals surface area contributed by atoms with Gasteiger partial charge in [0.2, 0.25) is 0 Å². The van der Waals surface area contributed by atoms with Gasteiger partial charge in [0.05, 0.1) is 0 Å². The van der Waals surface area contributed by atoms with Gasteiger partial charge in [0, 0.05) is 16.3 Å². The van der Waals surface area contributed by atoms with Gasteiger partial charge in [0.1, 0.15) is 0 Å². The summed E-state index contributed by atoms with van der Waals surface area (Å²) in [5.41, 5.74) is 1.47. The van der Waals surface area contributed by atoms with E-state index in [2.05, 4.69) is 38.9 Å². The summed E-state index contributed by atoms with van der Waals surface area (Å²) in [5.74, 6) is 0. The van der Waals surface area contributed by atoms with Crippen molar-refractivity contribution in [2.45, 2.75) is 20.4 Å². The lowest BCUT2D eigenvalue weighted by molar-refractivity contribution is 0.402. The lowest BCUT2D eigenvalue weighted by Crippen LogP contribution is -2.10. The standard InChI is InChI=1S/C9H15NS/c1-7-5-9(6-10(3)4)8(2)11-7/h5H,6H2,1-4H3. The Hall–Kier alpha value is -0.340. The third kappa shape index (κ3) is 2.31. The molecular weight excluding hydrogens is 154 g/mol. The van der Waals surface area contributed by atoms with Gasteiger partial charge in [-0.25, -0.2) is 0 Å². The van der Waals surface area contributed by atoms with Crippen LogP contribution in [0.4, 0.5) is 0 Å². The summed E-state index contributed by atoms with van der Waals surface area (Å²) in [6, 6.07) is 2.28. The fourth-order valence-corrected chi connectivity index (χ4v) is 2.12. The first-order valence-electron chi connectivity index (χ1n) is 3.80. The Labute approximate surface area is 72.7 Å². The van der Waals surface area contributed by atoms with Gasteiger partial charge in [0.15, 0.2) is 0 Å². The molecule has 1 rings (SSSR count). The molecule has 0 spiro atoms. The molecule has 1 aromatic rings. The van der Waals surface area contributed by atoms with Crippen LogP contribution in [0, 0.1) is 13.8 Å². The van der Waals surface area contributed by atoms with Crippen molar-refractivity contribution >= 4 is 11.3 Å². The van der Waals surface area contributed by atoms with Gasteiger partial charge >= 0.3 is 0 Å². The highest BCUT2D eigenvalue weighted by Crippen LogP contribution is 2.21. The van der Waals surface area contributed by atoms with Crippen LogP contribution in [0.5, 0.6) is 0 Å². The van der Waals surface area contributed by atoms with E-state index in [4.69, 9.17) is 0 Å². The zero-order valence-electron chi connectivity index (χ0n) is 7.64. The van der Waals surface area contributed by atoms with Gasteiger partial charge in [-0.05, 0) is 39.6 Å². The van der Waals surface area contributed by atoms with Gasteiger partial charge in [-0.3, -0.25) is 0 Å². The summed E-state index contributed by atoms with van der Waals surface area (Å²) in [7, 11) is 4.21. The lowest BCUT2D eigenvalue weighted by Gasteiger charge is -2.07. The van der Waals surface area contributed by atoms with Crippen molar-refractivity contribution in [2.75, 3.05) is 14.1 Å². The zero-order chi connectivity index (χ0) is 8.43. The van der Waals surface area contributed by atoms with Crippen molar-refractivity contribution in [3.8, 4) is 0 Å². The third-order valence-electron chi connectivity index (χ3n) is 1.63. The molecule has 0 saturated carbocycles. The minimum atomic E-state index is 1.07. The number of rotatable bonds is 2. The molecule has 0 aromatic carbocycles. The Bertz CT molecular complexity index is 238. The van der Waals surface area contributed by atoms with E-state index in [-0.39, 0.29) is 0 Å². The van der Waals surface area contributed by atoms with E-state index in [1.807, 2.05) is 11.3 Å². The number of nitrogens with zero attached hydrogens (tertiary/aromatic N) is 1. The maximum atomic E-state index is 2.28. The maximum Gasteiger partial charge on any atom is 0.0238 e. The Morgan fingerprint density at radius 1 is 1.36 bits per heavy atom. The summed E-state index contributed by atoms with van der Waals surface area (Å²) < 4.78 is 0. The fraction of sp³-hybridized carbons (Fsp3) is 0.556. The number of aryl methyl sites for hydroxylation is 2. The predicted molar refractivity (Wildman–Crippen MR) is 51.2 cm³/mol. The predicted octanol–water partition coefficient (Wildman–Crippen LogP) is 2.43. The zero-order valence-corrected chi connectivity index (χ0v) is 8.46. The molecule has 0 atom stereocenters. The van der Waals surface area contributed by atoms with Crippen LogP contribution in [0.3, 0.4) is 0 Å². The molecule has 2 heteroatoms. The normalized spacial score (nSPS) is 11.0. The van der Waals surface area contributed by atoms with E-state index in [9.17, 15) is 0 Å². The summed E-state index contributed by atoms with van der Waals surface area (Å²) in [4.78, 5) is 5.07. The first-order chi connectivity index (χ1) is 5.09. The molecule has 0 unspecified atom stereocenters. The van der Waals surface area contributed by atoms with Crippen LogP contribution in [0.25, 0.3) is 0 Å². The van der Waals surface area contributed by atoms with Crippen LogP contribution in [0.15, 0.2) is 6.07 Å². The summed E-state index contributed by atoms with van der Waals surface area (Å²) >= 11 is 1.88. The minimum Gasteiger partial charge on any atom is -0.305 e. The number of thiophene rings is 1. The van der Waals surface area contributed by atoms with E-state index in [1.54, 1.807) is 0 Å². The summed E-state index contributed by atoms with van der Waals surface area (Å²) in [6.07, 6.45) is 0. The smallest absolute Gasteiger partial charge is 0.0238 e. The molecule has 62 valence electrons. The highest BCUT2D eigenvalue weighted by Gasteiger charge is 2.02. The molecule has 11 heavy (non-hydrogen) atoms. The van der Waals surface area contributed by atoms with Crippen molar-refractivity contribution in [1.29, 1.82) is 0 Å². The first kappa shape index (κ1) is 8.75. The van der Waals surface area contributed by atoms with Crippen molar-refractivity contribution in [3.63, 3.8) is 0 Å². The Morgan fingerprint density at radius 3 is 2.36 bits per heavy atom. The summed E-state index contributed by atoms with van der Waals surface area (Å²) in [5, 5.41) is 0. The SMILES string of the molecule is Cc1cc(CN(C)C)c(C)s1. The highest BCUT2D eigenvalue weighted by molar-refractivity contribution is 7.12. The van der Waals surface area contributed by atoms with E-state index in [0.29, 0.717) is 0 Å². The van der Waals surface area contributed by atoms with Crippen LogP contribution < -0.4 is 0 Å². The lowest BCUT2D eigenvalue weighted by atomic mass is 10.2. The molecule has 0 aliphatic heterocycles.